The molecule has 2 aliphatic rings. The van der Waals surface area contributed by atoms with Crippen molar-refractivity contribution in [3.63, 3.8) is 0 Å². The zero-order valence-corrected chi connectivity index (χ0v) is 14.6. The maximum Gasteiger partial charge on any atom is 0.319 e. The zero-order valence-electron chi connectivity index (χ0n) is 14.6. The highest BCUT2D eigenvalue weighted by molar-refractivity contribution is 5.95. The van der Waals surface area contributed by atoms with Crippen molar-refractivity contribution in [3.8, 4) is 11.5 Å². The highest BCUT2D eigenvalue weighted by atomic mass is 16.5. The molecule has 4 rings (SSSR count). The van der Waals surface area contributed by atoms with E-state index < -0.39 is 0 Å². The van der Waals surface area contributed by atoms with Crippen molar-refractivity contribution < 1.29 is 19.1 Å². The molecule has 2 aliphatic heterocycles. The Kier molecular flexibility index (Phi) is 4.24. The van der Waals surface area contributed by atoms with Gasteiger partial charge in [-0.2, -0.15) is 0 Å². The summed E-state index contributed by atoms with van der Waals surface area (Å²) in [4.78, 5) is 23.5. The van der Waals surface area contributed by atoms with Gasteiger partial charge in [-0.1, -0.05) is 0 Å². The zero-order chi connectivity index (χ0) is 18.1. The molecule has 0 saturated heterocycles. The van der Waals surface area contributed by atoms with Crippen LogP contribution in [0.4, 0.5) is 10.5 Å². The van der Waals surface area contributed by atoms with Crippen LogP contribution in [0.5, 0.6) is 11.5 Å². The summed E-state index contributed by atoms with van der Waals surface area (Å²) in [6.07, 6.45) is 1.70. The molecule has 2 amide bonds. The van der Waals surface area contributed by atoms with E-state index in [0.29, 0.717) is 31.0 Å². The normalized spacial score (nSPS) is 14.0. The Bertz CT molecular complexity index is 842. The molecule has 0 aromatic heterocycles. The first-order chi connectivity index (χ1) is 12.6. The van der Waals surface area contributed by atoms with Crippen molar-refractivity contribution in [2.45, 2.75) is 26.3 Å². The number of hydrogen-bond acceptors (Lipinski definition) is 4. The molecule has 0 saturated carbocycles. The molecular formula is C20H20N2O4. The number of carbonyl (C=O) groups excluding carboxylic acids is 2. The lowest BCUT2D eigenvalue weighted by Crippen LogP contribution is -2.28. The molecule has 0 aliphatic carbocycles. The summed E-state index contributed by atoms with van der Waals surface area (Å²) < 4.78 is 11.5. The molecule has 6 nitrogen and oxygen atoms in total. The summed E-state index contributed by atoms with van der Waals surface area (Å²) in [5.74, 6) is 1.79. The second-order valence-electron chi connectivity index (χ2n) is 6.46. The van der Waals surface area contributed by atoms with Crippen LogP contribution in [0.2, 0.25) is 0 Å². The summed E-state index contributed by atoms with van der Waals surface area (Å²) in [5.41, 5.74) is 4.52. The monoisotopic (exact) mass is 352 g/mol. The fourth-order valence-electron chi connectivity index (χ4n) is 3.40. The van der Waals surface area contributed by atoms with Gasteiger partial charge < -0.3 is 20.1 Å². The minimum Gasteiger partial charge on any atom is -0.493 e. The van der Waals surface area contributed by atoms with Crippen molar-refractivity contribution in [3.05, 3.63) is 52.6 Å². The summed E-state index contributed by atoms with van der Waals surface area (Å²) in [6.45, 7) is 3.23. The maximum absolute atomic E-state index is 12.2. The van der Waals surface area contributed by atoms with Gasteiger partial charge in [0.2, 0.25) is 0 Å². The number of amides is 2. The number of ketones is 1. The van der Waals surface area contributed by atoms with Crippen molar-refractivity contribution in [2.24, 2.45) is 0 Å². The van der Waals surface area contributed by atoms with Gasteiger partial charge in [0.25, 0.3) is 0 Å². The van der Waals surface area contributed by atoms with Crippen LogP contribution in [0, 0.1) is 0 Å². The number of anilines is 1. The van der Waals surface area contributed by atoms with Gasteiger partial charge in [0.05, 0.1) is 13.2 Å². The standard InChI is InChI=1S/C20H20N2O4/c1-12(23)13-2-4-15(5-3-13)22-20(24)21-11-17-16-7-9-25-18(16)10-14-6-8-26-19(14)17/h2-5,10H,6-9,11H2,1H3,(H2,21,22,24). The fraction of sp³-hybridized carbons (Fsp3) is 0.300. The number of carbonyl (C=O) groups is 2. The van der Waals surface area contributed by atoms with Gasteiger partial charge in [-0.15, -0.1) is 0 Å². The lowest BCUT2D eigenvalue weighted by Gasteiger charge is -2.14. The number of Topliss-reactive ketones (excluding diaryl/α,β-unsaturated/α-hetero) is 1. The number of urea groups is 1. The number of nitrogens with one attached hydrogen (secondary N) is 2. The quantitative estimate of drug-likeness (QED) is 0.829. The van der Waals surface area contributed by atoms with Gasteiger partial charge in [-0.25, -0.2) is 4.79 Å². The second-order valence-corrected chi connectivity index (χ2v) is 6.46. The third-order valence-electron chi connectivity index (χ3n) is 4.74. The molecule has 2 aromatic rings. The number of ether oxygens (including phenoxy) is 2. The Hall–Kier alpha value is -3.02. The molecular weight excluding hydrogens is 332 g/mol. The average molecular weight is 352 g/mol. The minimum absolute atomic E-state index is 0.00462. The fourth-order valence-corrected chi connectivity index (χ4v) is 3.40. The van der Waals surface area contributed by atoms with Crippen molar-refractivity contribution in [2.75, 3.05) is 18.5 Å². The molecule has 6 heteroatoms. The van der Waals surface area contributed by atoms with Gasteiger partial charge in [0, 0.05) is 47.3 Å². The van der Waals surface area contributed by atoms with Crippen LogP contribution in [0.25, 0.3) is 0 Å². The second kappa shape index (κ2) is 6.71. The Balaban J connectivity index is 1.44. The Morgan fingerprint density at radius 1 is 1.08 bits per heavy atom. The maximum atomic E-state index is 12.2. The van der Waals surface area contributed by atoms with E-state index in [9.17, 15) is 9.59 Å². The Morgan fingerprint density at radius 2 is 1.85 bits per heavy atom. The Morgan fingerprint density at radius 3 is 2.62 bits per heavy atom. The van der Waals surface area contributed by atoms with Crippen molar-refractivity contribution >= 4 is 17.5 Å². The van der Waals surface area contributed by atoms with Crippen LogP contribution >= 0.6 is 0 Å². The minimum atomic E-state index is -0.302. The molecule has 2 aromatic carbocycles. The highest BCUT2D eigenvalue weighted by Crippen LogP contribution is 2.40. The van der Waals surface area contributed by atoms with E-state index in [1.807, 2.05) is 0 Å². The van der Waals surface area contributed by atoms with Gasteiger partial charge in [0.1, 0.15) is 11.5 Å². The smallest absolute Gasteiger partial charge is 0.319 e. The lowest BCUT2D eigenvalue weighted by atomic mass is 9.99. The summed E-state index contributed by atoms with van der Waals surface area (Å²) >= 11 is 0. The Labute approximate surface area is 151 Å². The van der Waals surface area contributed by atoms with E-state index in [1.54, 1.807) is 24.3 Å². The predicted molar refractivity (Wildman–Crippen MR) is 97.1 cm³/mol. The van der Waals surface area contributed by atoms with Crippen LogP contribution in [-0.4, -0.2) is 25.0 Å². The first-order valence-corrected chi connectivity index (χ1v) is 8.71. The van der Waals surface area contributed by atoms with Crippen LogP contribution < -0.4 is 20.1 Å². The van der Waals surface area contributed by atoms with E-state index in [1.165, 1.54) is 6.92 Å². The third-order valence-corrected chi connectivity index (χ3v) is 4.74. The lowest BCUT2D eigenvalue weighted by molar-refractivity contribution is 0.101. The summed E-state index contributed by atoms with van der Waals surface area (Å²) in [6, 6.07) is 8.57. The molecule has 0 bridgehead atoms. The van der Waals surface area contributed by atoms with Crippen molar-refractivity contribution in [1.82, 2.24) is 5.32 Å². The molecule has 0 atom stereocenters. The van der Waals surface area contributed by atoms with Crippen LogP contribution in [0.15, 0.2) is 30.3 Å². The van der Waals surface area contributed by atoms with Crippen LogP contribution in [0.1, 0.15) is 34.0 Å². The van der Waals surface area contributed by atoms with E-state index >= 15 is 0 Å². The van der Waals surface area contributed by atoms with E-state index in [-0.39, 0.29) is 11.8 Å². The predicted octanol–water partition coefficient (Wildman–Crippen LogP) is 3.08. The SMILES string of the molecule is CC(=O)c1ccc(NC(=O)NCc2c3c(cc4c2OCC4)OCC3)cc1. The molecule has 2 heterocycles. The van der Waals surface area contributed by atoms with Gasteiger partial charge in [-0.05, 0) is 37.3 Å². The van der Waals surface area contributed by atoms with E-state index in [2.05, 4.69) is 16.7 Å². The summed E-state index contributed by atoms with van der Waals surface area (Å²) in [5, 5.41) is 5.67. The molecule has 26 heavy (non-hydrogen) atoms. The third kappa shape index (κ3) is 3.10. The number of rotatable bonds is 4. The van der Waals surface area contributed by atoms with Gasteiger partial charge in [-0.3, -0.25) is 4.79 Å². The largest absolute Gasteiger partial charge is 0.493 e. The molecule has 134 valence electrons. The molecule has 0 fully saturated rings. The number of benzene rings is 2. The molecule has 0 radical (unpaired) electrons. The highest BCUT2D eigenvalue weighted by Gasteiger charge is 2.26. The number of fused-ring (bicyclic) bond motifs is 2. The molecule has 0 spiro atoms. The van der Waals surface area contributed by atoms with Gasteiger partial charge >= 0.3 is 6.03 Å². The van der Waals surface area contributed by atoms with E-state index in [4.69, 9.17) is 9.47 Å². The number of hydrogen-bond donors (Lipinski definition) is 2. The summed E-state index contributed by atoms with van der Waals surface area (Å²) in [7, 11) is 0. The van der Waals surface area contributed by atoms with Crippen LogP contribution in [0.3, 0.4) is 0 Å². The van der Waals surface area contributed by atoms with Crippen molar-refractivity contribution in [1.29, 1.82) is 0 Å². The van der Waals surface area contributed by atoms with Crippen LogP contribution in [-0.2, 0) is 19.4 Å². The average Bonchev–Trinajstić information content (AvgIpc) is 3.27. The first kappa shape index (κ1) is 16.4. The molecule has 2 N–H and O–H groups in total. The first-order valence-electron chi connectivity index (χ1n) is 8.71. The topological polar surface area (TPSA) is 76.7 Å². The van der Waals surface area contributed by atoms with Gasteiger partial charge in [0.15, 0.2) is 5.78 Å². The molecule has 0 unspecified atom stereocenters. The van der Waals surface area contributed by atoms with E-state index in [0.717, 1.165) is 41.0 Å².